The molecule has 1 nitrogen and oxygen atoms in total. The molecule has 0 atom stereocenters. The molecule has 1 aliphatic rings. The van der Waals surface area contributed by atoms with Crippen LogP contribution in [0.4, 0.5) is 0 Å². The first-order valence-electron chi connectivity index (χ1n) is 3.87. The van der Waals surface area contributed by atoms with Crippen molar-refractivity contribution in [2.45, 2.75) is 33.1 Å². The summed E-state index contributed by atoms with van der Waals surface area (Å²) in [5.74, 6) is 0.400. The van der Waals surface area contributed by atoms with Crippen LogP contribution >= 0.6 is 0 Å². The lowest BCUT2D eigenvalue weighted by Crippen LogP contribution is -2.23. The molecule has 0 saturated carbocycles. The highest BCUT2D eigenvalue weighted by atomic mass is 16.1. The van der Waals surface area contributed by atoms with Crippen molar-refractivity contribution in [2.24, 2.45) is 5.41 Å². The Bertz CT molecular complexity index is 160. The van der Waals surface area contributed by atoms with E-state index in [0.29, 0.717) is 12.2 Å². The highest BCUT2D eigenvalue weighted by Gasteiger charge is 2.31. The van der Waals surface area contributed by atoms with E-state index in [4.69, 9.17) is 0 Å². The average molecular weight is 138 g/mol. The van der Waals surface area contributed by atoms with E-state index in [0.717, 1.165) is 12.8 Å². The standard InChI is InChI=1S/C9H14O/c1-3-8(10)9(2)6-4-5-7-9/h4-5H,3,6-7H2,1-2H3. The van der Waals surface area contributed by atoms with E-state index in [2.05, 4.69) is 19.1 Å². The molecule has 1 aliphatic carbocycles. The number of hydrogen-bond acceptors (Lipinski definition) is 1. The maximum Gasteiger partial charge on any atom is 0.139 e. The zero-order valence-electron chi connectivity index (χ0n) is 6.68. The molecule has 56 valence electrons. The number of carbonyl (C=O) groups excluding carboxylic acids is 1. The fourth-order valence-electron chi connectivity index (χ4n) is 1.42. The van der Waals surface area contributed by atoms with Crippen LogP contribution < -0.4 is 0 Å². The van der Waals surface area contributed by atoms with Gasteiger partial charge in [0.2, 0.25) is 0 Å². The molecular weight excluding hydrogens is 124 g/mol. The van der Waals surface area contributed by atoms with Gasteiger partial charge in [0.15, 0.2) is 0 Å². The minimum Gasteiger partial charge on any atom is -0.299 e. The van der Waals surface area contributed by atoms with Crippen LogP contribution in [-0.2, 0) is 4.79 Å². The third-order valence-electron chi connectivity index (χ3n) is 2.30. The Morgan fingerprint density at radius 3 is 2.40 bits per heavy atom. The number of ketones is 1. The first-order chi connectivity index (χ1) is 4.69. The second kappa shape index (κ2) is 2.57. The van der Waals surface area contributed by atoms with E-state index in [1.54, 1.807) is 0 Å². The van der Waals surface area contributed by atoms with Gasteiger partial charge in [0, 0.05) is 11.8 Å². The molecule has 0 aromatic heterocycles. The van der Waals surface area contributed by atoms with Crippen LogP contribution in [0.25, 0.3) is 0 Å². The number of rotatable bonds is 2. The smallest absolute Gasteiger partial charge is 0.139 e. The molecule has 0 N–H and O–H groups in total. The van der Waals surface area contributed by atoms with Gasteiger partial charge in [-0.1, -0.05) is 26.0 Å². The summed E-state index contributed by atoms with van der Waals surface area (Å²) < 4.78 is 0. The Kier molecular flexibility index (Phi) is 1.93. The Balaban J connectivity index is 2.61. The van der Waals surface area contributed by atoms with Gasteiger partial charge < -0.3 is 0 Å². The fraction of sp³-hybridized carbons (Fsp3) is 0.667. The van der Waals surface area contributed by atoms with Gasteiger partial charge in [0.25, 0.3) is 0 Å². The van der Waals surface area contributed by atoms with Crippen molar-refractivity contribution >= 4 is 5.78 Å². The van der Waals surface area contributed by atoms with E-state index in [1.165, 1.54) is 0 Å². The minimum absolute atomic E-state index is 0.0469. The number of carbonyl (C=O) groups is 1. The molecule has 0 bridgehead atoms. The summed E-state index contributed by atoms with van der Waals surface area (Å²) in [7, 11) is 0. The van der Waals surface area contributed by atoms with Gasteiger partial charge in [0.05, 0.1) is 0 Å². The van der Waals surface area contributed by atoms with E-state index < -0.39 is 0 Å². The van der Waals surface area contributed by atoms with Gasteiger partial charge in [-0.2, -0.15) is 0 Å². The number of Topliss-reactive ketones (excluding diaryl/α,β-unsaturated/α-hetero) is 1. The topological polar surface area (TPSA) is 17.1 Å². The molecule has 0 fully saturated rings. The SMILES string of the molecule is CCC(=O)C1(C)CC=CC1. The van der Waals surface area contributed by atoms with Gasteiger partial charge >= 0.3 is 0 Å². The maximum atomic E-state index is 11.3. The zero-order valence-corrected chi connectivity index (χ0v) is 6.68. The normalized spacial score (nSPS) is 21.4. The van der Waals surface area contributed by atoms with Crippen molar-refractivity contribution in [1.82, 2.24) is 0 Å². The van der Waals surface area contributed by atoms with Gasteiger partial charge in [-0.05, 0) is 12.8 Å². The highest BCUT2D eigenvalue weighted by molar-refractivity contribution is 5.84. The zero-order chi connectivity index (χ0) is 7.61. The van der Waals surface area contributed by atoms with Gasteiger partial charge in [-0.15, -0.1) is 0 Å². The number of hydrogen-bond donors (Lipinski definition) is 0. The van der Waals surface area contributed by atoms with Crippen molar-refractivity contribution in [3.05, 3.63) is 12.2 Å². The third-order valence-corrected chi connectivity index (χ3v) is 2.30. The van der Waals surface area contributed by atoms with Crippen molar-refractivity contribution in [1.29, 1.82) is 0 Å². The minimum atomic E-state index is -0.0469. The van der Waals surface area contributed by atoms with E-state index >= 15 is 0 Å². The van der Waals surface area contributed by atoms with Crippen LogP contribution in [0.1, 0.15) is 33.1 Å². The Hall–Kier alpha value is -0.590. The largest absolute Gasteiger partial charge is 0.299 e. The quantitative estimate of drug-likeness (QED) is 0.535. The molecule has 0 heterocycles. The molecular formula is C9H14O. The third kappa shape index (κ3) is 1.13. The molecule has 0 radical (unpaired) electrons. The Labute approximate surface area is 62.1 Å². The van der Waals surface area contributed by atoms with Crippen LogP contribution in [0, 0.1) is 5.41 Å². The van der Waals surface area contributed by atoms with Crippen LogP contribution in [0.5, 0.6) is 0 Å². The van der Waals surface area contributed by atoms with Crippen LogP contribution in [0.15, 0.2) is 12.2 Å². The first-order valence-corrected chi connectivity index (χ1v) is 3.87. The summed E-state index contributed by atoms with van der Waals surface area (Å²) in [6.07, 6.45) is 6.78. The molecule has 0 spiro atoms. The molecule has 0 saturated heterocycles. The maximum absolute atomic E-state index is 11.3. The average Bonchev–Trinajstić information content (AvgIpc) is 2.36. The van der Waals surface area contributed by atoms with Crippen molar-refractivity contribution < 1.29 is 4.79 Å². The predicted octanol–water partition coefficient (Wildman–Crippen LogP) is 2.32. The molecule has 0 aliphatic heterocycles. The van der Waals surface area contributed by atoms with Gasteiger partial charge in [-0.3, -0.25) is 4.79 Å². The van der Waals surface area contributed by atoms with Crippen molar-refractivity contribution in [3.8, 4) is 0 Å². The van der Waals surface area contributed by atoms with E-state index in [9.17, 15) is 4.79 Å². The van der Waals surface area contributed by atoms with Crippen LogP contribution in [0.2, 0.25) is 0 Å². The Morgan fingerprint density at radius 1 is 1.50 bits per heavy atom. The van der Waals surface area contributed by atoms with Crippen molar-refractivity contribution in [2.75, 3.05) is 0 Å². The van der Waals surface area contributed by atoms with Gasteiger partial charge in [0.1, 0.15) is 5.78 Å². The molecule has 0 aromatic rings. The lowest BCUT2D eigenvalue weighted by molar-refractivity contribution is -0.127. The fourth-order valence-corrected chi connectivity index (χ4v) is 1.42. The summed E-state index contributed by atoms with van der Waals surface area (Å²) >= 11 is 0. The summed E-state index contributed by atoms with van der Waals surface area (Å²) in [6, 6.07) is 0. The molecule has 0 unspecified atom stereocenters. The molecule has 10 heavy (non-hydrogen) atoms. The molecule has 1 rings (SSSR count). The molecule has 1 heteroatoms. The molecule has 0 amide bonds. The first kappa shape index (κ1) is 7.52. The summed E-state index contributed by atoms with van der Waals surface area (Å²) in [5, 5.41) is 0. The Morgan fingerprint density at radius 2 is 2.00 bits per heavy atom. The van der Waals surface area contributed by atoms with Crippen molar-refractivity contribution in [3.63, 3.8) is 0 Å². The van der Waals surface area contributed by atoms with Crippen LogP contribution in [-0.4, -0.2) is 5.78 Å². The highest BCUT2D eigenvalue weighted by Crippen LogP contribution is 2.34. The van der Waals surface area contributed by atoms with E-state index in [1.807, 2.05) is 6.92 Å². The lowest BCUT2D eigenvalue weighted by atomic mass is 9.82. The monoisotopic (exact) mass is 138 g/mol. The van der Waals surface area contributed by atoms with E-state index in [-0.39, 0.29) is 5.41 Å². The predicted molar refractivity (Wildman–Crippen MR) is 41.8 cm³/mol. The summed E-state index contributed by atoms with van der Waals surface area (Å²) in [4.78, 5) is 11.3. The number of allylic oxidation sites excluding steroid dienone is 2. The summed E-state index contributed by atoms with van der Waals surface area (Å²) in [6.45, 7) is 3.99. The lowest BCUT2D eigenvalue weighted by Gasteiger charge is -2.20. The van der Waals surface area contributed by atoms with Gasteiger partial charge in [-0.25, -0.2) is 0 Å². The second-order valence-corrected chi connectivity index (χ2v) is 3.22. The molecule has 0 aromatic carbocycles. The van der Waals surface area contributed by atoms with Crippen LogP contribution in [0.3, 0.4) is 0 Å². The summed E-state index contributed by atoms with van der Waals surface area (Å²) in [5.41, 5.74) is -0.0469. The second-order valence-electron chi connectivity index (χ2n) is 3.22.